The molecule has 7 nitrogen and oxygen atoms in total. The van der Waals surface area contributed by atoms with Gasteiger partial charge in [0.05, 0.1) is 30.8 Å². The van der Waals surface area contributed by atoms with Crippen LogP contribution < -0.4 is 15.0 Å². The van der Waals surface area contributed by atoms with E-state index >= 15 is 0 Å². The molecule has 0 aromatic heterocycles. The maximum absolute atomic E-state index is 12.8. The number of nitrogens with one attached hydrogen (secondary N) is 1. The van der Waals surface area contributed by atoms with E-state index in [4.69, 9.17) is 9.84 Å². The smallest absolute Gasteiger partial charge is 0.307 e. The number of amides is 2. The molecule has 0 saturated carbocycles. The third-order valence-electron chi connectivity index (χ3n) is 4.21. The number of anilines is 2. The Hall–Kier alpha value is -3.35. The lowest BCUT2D eigenvalue weighted by atomic mass is 10.1. The van der Waals surface area contributed by atoms with Gasteiger partial charge in [-0.05, 0) is 36.8 Å². The van der Waals surface area contributed by atoms with Crippen LogP contribution in [0.4, 0.5) is 11.4 Å². The molecule has 1 atom stereocenters. The Morgan fingerprint density at radius 3 is 2.56 bits per heavy atom. The Morgan fingerprint density at radius 2 is 1.89 bits per heavy atom. The van der Waals surface area contributed by atoms with Crippen molar-refractivity contribution in [3.63, 3.8) is 0 Å². The summed E-state index contributed by atoms with van der Waals surface area (Å²) in [5.74, 6) is -0.973. The molecule has 7 heteroatoms. The number of nitrogens with zero attached hydrogens (tertiary/aromatic N) is 1. The van der Waals surface area contributed by atoms with Gasteiger partial charge in [-0.15, -0.1) is 0 Å². The number of carboxylic acids is 1. The summed E-state index contributed by atoms with van der Waals surface area (Å²) in [6.45, 7) is 2.36. The molecule has 0 aliphatic carbocycles. The van der Waals surface area contributed by atoms with Crippen LogP contribution in [0.25, 0.3) is 0 Å². The van der Waals surface area contributed by atoms with E-state index in [1.165, 1.54) is 0 Å². The highest BCUT2D eigenvalue weighted by molar-refractivity contribution is 6.23. The fourth-order valence-electron chi connectivity index (χ4n) is 3.01. The standard InChI is InChI=1S/C20H20N2O5/c1-2-27-17-6-4-3-5-15(17)21-16-12-18(23)22(20(16)26)14-9-7-13(8-10-14)11-19(24)25/h3-10,16,21H,2,11-12H2,1H3,(H,24,25). The number of carbonyl (C=O) groups is 3. The van der Waals surface area contributed by atoms with Crippen LogP contribution in [-0.2, 0) is 20.8 Å². The molecule has 1 unspecified atom stereocenters. The summed E-state index contributed by atoms with van der Waals surface area (Å²) in [6.07, 6.45) is -0.0727. The fourth-order valence-corrected chi connectivity index (χ4v) is 3.01. The molecule has 2 N–H and O–H groups in total. The monoisotopic (exact) mass is 368 g/mol. The maximum atomic E-state index is 12.8. The molecule has 0 bridgehead atoms. The van der Waals surface area contributed by atoms with Crippen molar-refractivity contribution in [1.82, 2.24) is 0 Å². The van der Waals surface area contributed by atoms with Crippen LogP contribution in [0.2, 0.25) is 0 Å². The van der Waals surface area contributed by atoms with Crippen molar-refractivity contribution in [2.45, 2.75) is 25.8 Å². The summed E-state index contributed by atoms with van der Waals surface area (Å²) in [7, 11) is 0. The number of carboxylic acid groups (broad SMARTS) is 1. The van der Waals surface area contributed by atoms with E-state index in [-0.39, 0.29) is 24.7 Å². The van der Waals surface area contributed by atoms with E-state index in [0.717, 1.165) is 4.90 Å². The maximum Gasteiger partial charge on any atom is 0.307 e. The van der Waals surface area contributed by atoms with Crippen molar-refractivity contribution in [2.24, 2.45) is 0 Å². The van der Waals surface area contributed by atoms with Crippen LogP contribution in [0.1, 0.15) is 18.9 Å². The molecule has 1 saturated heterocycles. The third-order valence-corrected chi connectivity index (χ3v) is 4.21. The van der Waals surface area contributed by atoms with Crippen molar-refractivity contribution in [3.8, 4) is 5.75 Å². The molecule has 3 rings (SSSR count). The summed E-state index contributed by atoms with van der Waals surface area (Å²) in [6, 6.07) is 13.0. The van der Waals surface area contributed by atoms with Gasteiger partial charge in [0.15, 0.2) is 0 Å². The Bertz CT molecular complexity index is 863. The number of benzene rings is 2. The molecule has 2 amide bonds. The summed E-state index contributed by atoms with van der Waals surface area (Å²) in [5, 5.41) is 11.9. The molecule has 140 valence electrons. The van der Waals surface area contributed by atoms with Gasteiger partial charge < -0.3 is 15.2 Å². The Balaban J connectivity index is 1.76. The molecule has 0 spiro atoms. The van der Waals surface area contributed by atoms with Crippen LogP contribution in [0.5, 0.6) is 5.75 Å². The molecule has 0 radical (unpaired) electrons. The predicted molar refractivity (Wildman–Crippen MR) is 99.9 cm³/mol. The van der Waals surface area contributed by atoms with Gasteiger partial charge in [-0.2, -0.15) is 0 Å². The van der Waals surface area contributed by atoms with Crippen molar-refractivity contribution >= 4 is 29.2 Å². The first-order valence-corrected chi connectivity index (χ1v) is 8.65. The zero-order valence-corrected chi connectivity index (χ0v) is 14.8. The van der Waals surface area contributed by atoms with Gasteiger partial charge in [0.2, 0.25) is 5.91 Å². The van der Waals surface area contributed by atoms with E-state index in [1.54, 1.807) is 36.4 Å². The predicted octanol–water partition coefficient (Wildman–Crippen LogP) is 2.46. The lowest BCUT2D eigenvalue weighted by Gasteiger charge is -2.18. The highest BCUT2D eigenvalue weighted by atomic mass is 16.5. The minimum atomic E-state index is -0.937. The SMILES string of the molecule is CCOc1ccccc1NC1CC(=O)N(c2ccc(CC(=O)O)cc2)C1=O. The van der Waals surface area contributed by atoms with Crippen molar-refractivity contribution in [3.05, 3.63) is 54.1 Å². The number of ether oxygens (including phenoxy) is 1. The average Bonchev–Trinajstić information content (AvgIpc) is 2.91. The quantitative estimate of drug-likeness (QED) is 0.729. The summed E-state index contributed by atoms with van der Waals surface area (Å²) < 4.78 is 5.55. The Labute approximate surface area is 156 Å². The average molecular weight is 368 g/mol. The van der Waals surface area contributed by atoms with E-state index in [0.29, 0.717) is 29.3 Å². The van der Waals surface area contributed by atoms with Gasteiger partial charge >= 0.3 is 5.97 Å². The zero-order valence-electron chi connectivity index (χ0n) is 14.8. The van der Waals surface area contributed by atoms with Gasteiger partial charge in [-0.25, -0.2) is 4.90 Å². The van der Waals surface area contributed by atoms with Gasteiger partial charge in [0.25, 0.3) is 5.91 Å². The van der Waals surface area contributed by atoms with E-state index in [9.17, 15) is 14.4 Å². The minimum Gasteiger partial charge on any atom is -0.492 e. The van der Waals surface area contributed by atoms with Crippen molar-refractivity contribution in [2.75, 3.05) is 16.8 Å². The molecular weight excluding hydrogens is 348 g/mol. The van der Waals surface area contributed by atoms with Gasteiger partial charge in [0.1, 0.15) is 11.8 Å². The Kier molecular flexibility index (Phi) is 5.40. The van der Waals surface area contributed by atoms with Crippen LogP contribution in [0, 0.1) is 0 Å². The zero-order chi connectivity index (χ0) is 19.4. The number of rotatable bonds is 7. The van der Waals surface area contributed by atoms with Gasteiger partial charge in [-0.3, -0.25) is 14.4 Å². The second-order valence-corrected chi connectivity index (χ2v) is 6.13. The van der Waals surface area contributed by atoms with E-state index in [2.05, 4.69) is 5.32 Å². The normalized spacial score (nSPS) is 16.5. The number of carbonyl (C=O) groups excluding carboxylic acids is 2. The van der Waals surface area contributed by atoms with E-state index in [1.807, 2.05) is 19.1 Å². The molecule has 1 aliphatic heterocycles. The van der Waals surface area contributed by atoms with Crippen molar-refractivity contribution < 1.29 is 24.2 Å². The summed E-state index contributed by atoms with van der Waals surface area (Å²) in [5.41, 5.74) is 1.69. The topological polar surface area (TPSA) is 95.9 Å². The minimum absolute atomic E-state index is 0.0379. The van der Waals surface area contributed by atoms with Crippen LogP contribution >= 0.6 is 0 Å². The summed E-state index contributed by atoms with van der Waals surface area (Å²) >= 11 is 0. The number of imide groups is 1. The lowest BCUT2D eigenvalue weighted by Crippen LogP contribution is -2.34. The lowest BCUT2D eigenvalue weighted by molar-refractivity contribution is -0.136. The number of para-hydroxylation sites is 2. The first-order chi connectivity index (χ1) is 13.0. The Morgan fingerprint density at radius 1 is 1.19 bits per heavy atom. The highest BCUT2D eigenvalue weighted by Crippen LogP contribution is 2.29. The third kappa shape index (κ3) is 4.08. The second-order valence-electron chi connectivity index (χ2n) is 6.13. The van der Waals surface area contributed by atoms with Crippen LogP contribution in [0.3, 0.4) is 0 Å². The molecule has 1 heterocycles. The van der Waals surface area contributed by atoms with Crippen LogP contribution in [0.15, 0.2) is 48.5 Å². The molecule has 27 heavy (non-hydrogen) atoms. The number of aliphatic carboxylic acids is 1. The number of hydrogen-bond donors (Lipinski definition) is 2. The second kappa shape index (κ2) is 7.90. The molecule has 1 fully saturated rings. The molecule has 1 aliphatic rings. The van der Waals surface area contributed by atoms with E-state index < -0.39 is 12.0 Å². The summed E-state index contributed by atoms with van der Waals surface area (Å²) in [4.78, 5) is 37.1. The molecule has 2 aromatic rings. The highest BCUT2D eigenvalue weighted by Gasteiger charge is 2.39. The molecule has 2 aromatic carbocycles. The largest absolute Gasteiger partial charge is 0.492 e. The molecular formula is C20H20N2O5. The van der Waals surface area contributed by atoms with Crippen LogP contribution in [-0.4, -0.2) is 35.5 Å². The van der Waals surface area contributed by atoms with Gasteiger partial charge in [-0.1, -0.05) is 24.3 Å². The first-order valence-electron chi connectivity index (χ1n) is 8.65. The fraction of sp³-hybridized carbons (Fsp3) is 0.250. The van der Waals surface area contributed by atoms with Gasteiger partial charge in [0, 0.05) is 0 Å². The number of hydrogen-bond acceptors (Lipinski definition) is 5. The first kappa shape index (κ1) is 18.4. The van der Waals surface area contributed by atoms with Crippen molar-refractivity contribution in [1.29, 1.82) is 0 Å².